The molecule has 0 saturated carbocycles. The van der Waals surface area contributed by atoms with Gasteiger partial charge in [-0.15, -0.1) is 0 Å². The van der Waals surface area contributed by atoms with Gasteiger partial charge in [-0.1, -0.05) is 0 Å². The number of carbonyl (C=O) groups is 2. The fourth-order valence-corrected chi connectivity index (χ4v) is 3.35. The number of amides is 2. The first-order chi connectivity index (χ1) is 9.95. The maximum atomic E-state index is 12.3. The Morgan fingerprint density at radius 3 is 2.71 bits per heavy atom. The lowest BCUT2D eigenvalue weighted by Gasteiger charge is -2.37. The Morgan fingerprint density at radius 1 is 1.29 bits per heavy atom. The van der Waals surface area contributed by atoms with Crippen LogP contribution in [0.5, 0.6) is 0 Å². The van der Waals surface area contributed by atoms with Crippen LogP contribution in [0.1, 0.15) is 39.0 Å². The van der Waals surface area contributed by atoms with Crippen LogP contribution in [0.2, 0.25) is 0 Å². The van der Waals surface area contributed by atoms with Crippen LogP contribution in [-0.4, -0.2) is 65.7 Å². The van der Waals surface area contributed by atoms with E-state index in [2.05, 4.69) is 24.2 Å². The van der Waals surface area contributed by atoms with Gasteiger partial charge in [0, 0.05) is 38.1 Å². The lowest BCUT2D eigenvalue weighted by Crippen LogP contribution is -2.52. The van der Waals surface area contributed by atoms with Gasteiger partial charge in [-0.05, 0) is 45.6 Å². The molecular weight excluding hydrogens is 270 g/mol. The monoisotopic (exact) mass is 297 g/mol. The van der Waals surface area contributed by atoms with Crippen molar-refractivity contribution in [2.24, 2.45) is 5.92 Å². The minimum absolute atomic E-state index is 0.0214. The first-order valence-electron chi connectivity index (χ1n) is 7.93. The number of urea groups is 1. The molecule has 0 bridgehead atoms. The Hall–Kier alpha value is -1.30. The highest BCUT2D eigenvalue weighted by Crippen LogP contribution is 2.20. The summed E-state index contributed by atoms with van der Waals surface area (Å²) in [6.07, 6.45) is 3.93. The summed E-state index contributed by atoms with van der Waals surface area (Å²) >= 11 is 0. The quantitative estimate of drug-likeness (QED) is 0.825. The van der Waals surface area contributed by atoms with Gasteiger partial charge in [0.1, 0.15) is 0 Å². The summed E-state index contributed by atoms with van der Waals surface area (Å²) in [5.74, 6) is -0.676. The van der Waals surface area contributed by atoms with Crippen LogP contribution in [0.4, 0.5) is 4.79 Å². The third-order valence-electron chi connectivity index (χ3n) is 4.81. The second kappa shape index (κ2) is 7.11. The van der Waals surface area contributed by atoms with Crippen molar-refractivity contribution in [1.82, 2.24) is 15.1 Å². The summed E-state index contributed by atoms with van der Waals surface area (Å²) in [4.78, 5) is 27.2. The molecule has 0 spiro atoms. The van der Waals surface area contributed by atoms with Gasteiger partial charge >= 0.3 is 12.0 Å². The standard InChI is InChI=1S/C15H27N3O3/c1-11-8-13(5-7-17(11)2)16-15(21)18-6-3-4-12(10-18)9-14(19)20/h11-13H,3-10H2,1-2H3,(H,16,21)(H,19,20). The summed E-state index contributed by atoms with van der Waals surface area (Å²) < 4.78 is 0. The largest absolute Gasteiger partial charge is 0.481 e. The average molecular weight is 297 g/mol. The smallest absolute Gasteiger partial charge is 0.317 e. The van der Waals surface area contributed by atoms with Crippen molar-refractivity contribution in [3.63, 3.8) is 0 Å². The number of hydrogen-bond acceptors (Lipinski definition) is 3. The van der Waals surface area contributed by atoms with Crippen molar-refractivity contribution in [2.45, 2.75) is 51.1 Å². The predicted octanol–water partition coefficient (Wildman–Crippen LogP) is 1.37. The van der Waals surface area contributed by atoms with E-state index in [9.17, 15) is 9.59 Å². The second-order valence-electron chi connectivity index (χ2n) is 6.55. The Labute approximate surface area is 126 Å². The molecule has 6 nitrogen and oxygen atoms in total. The van der Waals surface area contributed by atoms with Crippen molar-refractivity contribution in [3.05, 3.63) is 0 Å². The summed E-state index contributed by atoms with van der Waals surface area (Å²) in [7, 11) is 2.11. The summed E-state index contributed by atoms with van der Waals surface area (Å²) in [5, 5.41) is 12.0. The maximum absolute atomic E-state index is 12.3. The minimum atomic E-state index is -0.772. The number of aliphatic carboxylic acids is 1. The molecule has 2 fully saturated rings. The molecule has 0 aromatic rings. The van der Waals surface area contributed by atoms with E-state index < -0.39 is 5.97 Å². The first-order valence-corrected chi connectivity index (χ1v) is 7.93. The van der Waals surface area contributed by atoms with Crippen molar-refractivity contribution in [3.8, 4) is 0 Å². The highest BCUT2D eigenvalue weighted by atomic mass is 16.4. The van der Waals surface area contributed by atoms with Gasteiger partial charge in [0.2, 0.25) is 0 Å². The zero-order valence-corrected chi connectivity index (χ0v) is 13.0. The number of carboxylic acids is 1. The van der Waals surface area contributed by atoms with E-state index in [0.29, 0.717) is 12.6 Å². The average Bonchev–Trinajstić information content (AvgIpc) is 2.42. The SMILES string of the molecule is CC1CC(NC(=O)N2CCCC(CC(=O)O)C2)CCN1C. The van der Waals surface area contributed by atoms with Gasteiger partial charge in [-0.3, -0.25) is 4.79 Å². The molecule has 2 aliphatic rings. The van der Waals surface area contributed by atoms with E-state index in [-0.39, 0.29) is 24.4 Å². The Bertz CT molecular complexity index is 388. The number of piperidine rings is 2. The third kappa shape index (κ3) is 4.59. The van der Waals surface area contributed by atoms with Gasteiger partial charge in [-0.25, -0.2) is 4.79 Å². The zero-order valence-electron chi connectivity index (χ0n) is 13.0. The molecule has 2 saturated heterocycles. The molecule has 3 unspecified atom stereocenters. The van der Waals surface area contributed by atoms with E-state index in [1.165, 1.54) is 0 Å². The van der Waals surface area contributed by atoms with E-state index in [4.69, 9.17) is 5.11 Å². The number of hydrogen-bond donors (Lipinski definition) is 2. The molecule has 0 radical (unpaired) electrons. The molecule has 2 aliphatic heterocycles. The Balaban J connectivity index is 1.81. The number of nitrogens with zero attached hydrogens (tertiary/aromatic N) is 2. The number of rotatable bonds is 3. The fraction of sp³-hybridized carbons (Fsp3) is 0.867. The van der Waals surface area contributed by atoms with Gasteiger partial charge in [0.15, 0.2) is 0 Å². The first kappa shape index (κ1) is 16.1. The van der Waals surface area contributed by atoms with E-state index in [0.717, 1.165) is 38.8 Å². The molecule has 0 aliphatic carbocycles. The van der Waals surface area contributed by atoms with Gasteiger partial charge in [-0.2, -0.15) is 0 Å². The number of carboxylic acid groups (broad SMARTS) is 1. The molecular formula is C15H27N3O3. The second-order valence-corrected chi connectivity index (χ2v) is 6.55. The van der Waals surface area contributed by atoms with Crippen LogP contribution in [0.3, 0.4) is 0 Å². The zero-order chi connectivity index (χ0) is 15.4. The molecule has 2 N–H and O–H groups in total. The molecule has 0 aromatic carbocycles. The van der Waals surface area contributed by atoms with Crippen LogP contribution in [0.25, 0.3) is 0 Å². The summed E-state index contributed by atoms with van der Waals surface area (Å²) in [6, 6.07) is 0.709. The third-order valence-corrected chi connectivity index (χ3v) is 4.81. The summed E-state index contributed by atoms with van der Waals surface area (Å²) in [6.45, 7) is 4.50. The van der Waals surface area contributed by atoms with E-state index in [1.54, 1.807) is 4.90 Å². The molecule has 2 amide bonds. The minimum Gasteiger partial charge on any atom is -0.481 e. The normalized spacial score (nSPS) is 31.0. The molecule has 3 atom stereocenters. The Morgan fingerprint density at radius 2 is 2.05 bits per heavy atom. The van der Waals surface area contributed by atoms with E-state index >= 15 is 0 Å². The number of carbonyl (C=O) groups excluding carboxylic acids is 1. The molecule has 2 rings (SSSR count). The molecule has 2 heterocycles. The van der Waals surface area contributed by atoms with Crippen LogP contribution >= 0.6 is 0 Å². The van der Waals surface area contributed by atoms with Gasteiger partial charge < -0.3 is 20.2 Å². The van der Waals surface area contributed by atoms with Gasteiger partial charge in [0.25, 0.3) is 0 Å². The highest BCUT2D eigenvalue weighted by molar-refractivity contribution is 5.75. The van der Waals surface area contributed by atoms with Crippen LogP contribution in [0.15, 0.2) is 0 Å². The molecule has 6 heteroatoms. The van der Waals surface area contributed by atoms with Crippen molar-refractivity contribution in [2.75, 3.05) is 26.7 Å². The summed E-state index contributed by atoms with van der Waals surface area (Å²) in [5.41, 5.74) is 0. The molecule has 0 aromatic heterocycles. The topological polar surface area (TPSA) is 72.9 Å². The Kier molecular flexibility index (Phi) is 5.45. The van der Waals surface area contributed by atoms with Crippen LogP contribution in [0, 0.1) is 5.92 Å². The lowest BCUT2D eigenvalue weighted by molar-refractivity contribution is -0.138. The maximum Gasteiger partial charge on any atom is 0.317 e. The van der Waals surface area contributed by atoms with Crippen molar-refractivity contribution < 1.29 is 14.7 Å². The van der Waals surface area contributed by atoms with Gasteiger partial charge in [0.05, 0.1) is 0 Å². The number of likely N-dealkylation sites (tertiary alicyclic amines) is 2. The molecule has 120 valence electrons. The van der Waals surface area contributed by atoms with Crippen molar-refractivity contribution in [1.29, 1.82) is 0 Å². The predicted molar refractivity (Wildman–Crippen MR) is 80.2 cm³/mol. The lowest BCUT2D eigenvalue weighted by atomic mass is 9.95. The fourth-order valence-electron chi connectivity index (χ4n) is 3.35. The van der Waals surface area contributed by atoms with Crippen molar-refractivity contribution >= 4 is 12.0 Å². The van der Waals surface area contributed by atoms with Crippen LogP contribution in [-0.2, 0) is 4.79 Å². The highest BCUT2D eigenvalue weighted by Gasteiger charge is 2.28. The van der Waals surface area contributed by atoms with Crippen LogP contribution < -0.4 is 5.32 Å². The number of nitrogens with one attached hydrogen (secondary N) is 1. The van der Waals surface area contributed by atoms with E-state index in [1.807, 2.05) is 0 Å². The molecule has 21 heavy (non-hydrogen) atoms.